The van der Waals surface area contributed by atoms with Gasteiger partial charge in [-0.25, -0.2) is 4.39 Å². The molecule has 0 aliphatic carbocycles. The van der Waals surface area contributed by atoms with Crippen LogP contribution in [0.15, 0.2) is 39.3 Å². The maximum Gasteiger partial charge on any atom is 0.141 e. The van der Waals surface area contributed by atoms with Crippen LogP contribution in [-0.2, 0) is 0 Å². The quantitative estimate of drug-likeness (QED) is 0.493. The number of methoxy groups -OCH3 is 1. The molecular weight excluding hydrogens is 455 g/mol. The van der Waals surface area contributed by atoms with Crippen molar-refractivity contribution >= 4 is 47.8 Å². The summed E-state index contributed by atoms with van der Waals surface area (Å²) in [5, 5.41) is 0. The summed E-state index contributed by atoms with van der Waals surface area (Å²) in [6.07, 6.45) is 0. The standard InChI is InChI=1S/C15H12Br3FO/c1-8-3-4-11(16)9(5-8)15(18)10-6-12(17)13(19)7-14(10)20-2/h3-7,15H,1-2H3. The van der Waals surface area contributed by atoms with E-state index in [2.05, 4.69) is 53.9 Å². The van der Waals surface area contributed by atoms with Gasteiger partial charge in [-0.05, 0) is 40.5 Å². The lowest BCUT2D eigenvalue weighted by molar-refractivity contribution is 0.406. The Morgan fingerprint density at radius 1 is 1.05 bits per heavy atom. The number of benzene rings is 2. The molecule has 0 fully saturated rings. The van der Waals surface area contributed by atoms with Crippen LogP contribution in [0.1, 0.15) is 21.5 Å². The van der Waals surface area contributed by atoms with Crippen LogP contribution in [0.2, 0.25) is 0 Å². The Morgan fingerprint density at radius 3 is 2.40 bits per heavy atom. The smallest absolute Gasteiger partial charge is 0.141 e. The second-order valence-corrected chi connectivity index (χ2v) is 7.02. The summed E-state index contributed by atoms with van der Waals surface area (Å²) in [5.74, 6) is 0.176. The minimum atomic E-state index is -0.339. The van der Waals surface area contributed by atoms with Crippen LogP contribution in [0.4, 0.5) is 4.39 Å². The van der Waals surface area contributed by atoms with Crippen molar-refractivity contribution in [1.29, 1.82) is 0 Å². The van der Waals surface area contributed by atoms with E-state index in [1.165, 1.54) is 13.2 Å². The molecule has 0 aliphatic rings. The third-order valence-electron chi connectivity index (χ3n) is 2.97. The second kappa shape index (κ2) is 6.58. The van der Waals surface area contributed by atoms with Gasteiger partial charge in [0.05, 0.1) is 16.4 Å². The Hall–Kier alpha value is -0.390. The lowest BCUT2D eigenvalue weighted by Gasteiger charge is -2.17. The molecule has 0 saturated heterocycles. The molecule has 0 bridgehead atoms. The van der Waals surface area contributed by atoms with Gasteiger partial charge in [0.25, 0.3) is 0 Å². The maximum atomic E-state index is 13.6. The van der Waals surface area contributed by atoms with E-state index in [0.717, 1.165) is 21.2 Å². The number of rotatable bonds is 3. The van der Waals surface area contributed by atoms with Crippen LogP contribution in [0.3, 0.4) is 0 Å². The number of halogens is 4. The molecule has 0 heterocycles. The molecule has 0 N–H and O–H groups in total. The van der Waals surface area contributed by atoms with Crippen LogP contribution in [-0.4, -0.2) is 7.11 Å². The monoisotopic (exact) mass is 464 g/mol. The Morgan fingerprint density at radius 2 is 1.75 bits per heavy atom. The molecule has 2 aromatic rings. The minimum Gasteiger partial charge on any atom is -0.496 e. The molecular formula is C15H12Br3FO. The van der Waals surface area contributed by atoms with Gasteiger partial charge in [0, 0.05) is 16.1 Å². The van der Waals surface area contributed by atoms with Gasteiger partial charge >= 0.3 is 0 Å². The second-order valence-electron chi connectivity index (χ2n) is 4.40. The molecule has 1 unspecified atom stereocenters. The molecule has 20 heavy (non-hydrogen) atoms. The third-order valence-corrected chi connectivity index (χ3v) is 5.29. The van der Waals surface area contributed by atoms with Crippen molar-refractivity contribution in [3.63, 3.8) is 0 Å². The van der Waals surface area contributed by atoms with E-state index in [1.54, 1.807) is 6.07 Å². The van der Waals surface area contributed by atoms with Crippen LogP contribution in [0.5, 0.6) is 5.75 Å². The van der Waals surface area contributed by atoms with Gasteiger partial charge in [0.2, 0.25) is 0 Å². The highest BCUT2D eigenvalue weighted by Gasteiger charge is 2.20. The lowest BCUT2D eigenvalue weighted by Crippen LogP contribution is -2.00. The van der Waals surface area contributed by atoms with Gasteiger partial charge in [0.1, 0.15) is 11.6 Å². The average Bonchev–Trinajstić information content (AvgIpc) is 2.43. The summed E-state index contributed by atoms with van der Waals surface area (Å²) >= 11 is 10.4. The lowest BCUT2D eigenvalue weighted by atomic mass is 10.0. The molecule has 0 radical (unpaired) electrons. The molecule has 0 aromatic heterocycles. The van der Waals surface area contributed by atoms with E-state index in [9.17, 15) is 4.39 Å². The van der Waals surface area contributed by atoms with Crippen molar-refractivity contribution < 1.29 is 9.13 Å². The topological polar surface area (TPSA) is 9.23 Å². The number of aryl methyl sites for hydroxylation is 1. The molecule has 2 rings (SSSR count). The molecule has 0 amide bonds. The van der Waals surface area contributed by atoms with E-state index in [-0.39, 0.29) is 10.6 Å². The van der Waals surface area contributed by atoms with Gasteiger partial charge < -0.3 is 4.74 Å². The number of hydrogen-bond donors (Lipinski definition) is 0. The summed E-state index contributed by atoms with van der Waals surface area (Å²) in [6.45, 7) is 2.04. The number of hydrogen-bond acceptors (Lipinski definition) is 1. The maximum absolute atomic E-state index is 13.6. The highest BCUT2D eigenvalue weighted by atomic mass is 79.9. The van der Waals surface area contributed by atoms with Crippen molar-refractivity contribution in [3.8, 4) is 5.75 Å². The Labute approximate surface area is 142 Å². The third kappa shape index (κ3) is 3.26. The van der Waals surface area contributed by atoms with Crippen molar-refractivity contribution in [3.05, 3.63) is 61.8 Å². The minimum absolute atomic E-state index is 0.0939. The van der Waals surface area contributed by atoms with Crippen LogP contribution in [0, 0.1) is 12.7 Å². The van der Waals surface area contributed by atoms with E-state index in [0.29, 0.717) is 10.2 Å². The molecule has 5 heteroatoms. The van der Waals surface area contributed by atoms with Crippen LogP contribution in [0.25, 0.3) is 0 Å². The molecule has 0 aliphatic heterocycles. The van der Waals surface area contributed by atoms with Gasteiger partial charge in [0.15, 0.2) is 0 Å². The molecule has 0 saturated carbocycles. The first-order valence-corrected chi connectivity index (χ1v) is 8.37. The first-order chi connectivity index (χ1) is 9.43. The normalized spacial score (nSPS) is 12.3. The predicted molar refractivity (Wildman–Crippen MR) is 90.3 cm³/mol. The zero-order valence-corrected chi connectivity index (χ0v) is 15.6. The summed E-state index contributed by atoms with van der Waals surface area (Å²) in [4.78, 5) is -0.0939. The van der Waals surface area contributed by atoms with Crippen molar-refractivity contribution in [2.45, 2.75) is 11.8 Å². The van der Waals surface area contributed by atoms with Gasteiger partial charge in [-0.3, -0.25) is 0 Å². The highest BCUT2D eigenvalue weighted by molar-refractivity contribution is 9.11. The molecule has 2 aromatic carbocycles. The summed E-state index contributed by atoms with van der Waals surface area (Å²) in [5.41, 5.74) is 3.10. The Kier molecular flexibility index (Phi) is 5.26. The van der Waals surface area contributed by atoms with Crippen molar-refractivity contribution in [1.82, 2.24) is 0 Å². The molecule has 1 nitrogen and oxygen atoms in total. The first kappa shape index (κ1) is 16.0. The predicted octanol–water partition coefficient (Wildman–Crippen LogP) is 6.15. The SMILES string of the molecule is COc1cc(F)c(Br)cc1C(Br)c1cc(C)ccc1Br. The van der Waals surface area contributed by atoms with Crippen molar-refractivity contribution in [2.24, 2.45) is 0 Å². The van der Waals surface area contributed by atoms with E-state index in [4.69, 9.17) is 4.74 Å². The van der Waals surface area contributed by atoms with Gasteiger partial charge in [-0.15, -0.1) is 0 Å². The number of alkyl halides is 1. The summed E-state index contributed by atoms with van der Waals surface area (Å²) in [6, 6.07) is 9.25. The van der Waals surface area contributed by atoms with E-state index < -0.39 is 0 Å². The van der Waals surface area contributed by atoms with Crippen molar-refractivity contribution in [2.75, 3.05) is 7.11 Å². The Balaban J connectivity index is 2.55. The highest BCUT2D eigenvalue weighted by Crippen LogP contribution is 2.41. The summed E-state index contributed by atoms with van der Waals surface area (Å²) < 4.78 is 20.3. The molecule has 106 valence electrons. The average molecular weight is 467 g/mol. The Bertz CT molecular complexity index is 643. The van der Waals surface area contributed by atoms with E-state index in [1.807, 2.05) is 19.1 Å². The number of ether oxygens (including phenoxy) is 1. The van der Waals surface area contributed by atoms with Crippen LogP contribution < -0.4 is 4.74 Å². The summed E-state index contributed by atoms with van der Waals surface area (Å²) in [7, 11) is 1.54. The van der Waals surface area contributed by atoms with E-state index >= 15 is 0 Å². The first-order valence-electron chi connectivity index (χ1n) is 5.87. The molecule has 0 spiro atoms. The zero-order valence-electron chi connectivity index (χ0n) is 10.9. The largest absolute Gasteiger partial charge is 0.496 e. The fourth-order valence-electron chi connectivity index (χ4n) is 1.94. The molecule has 1 atom stereocenters. The van der Waals surface area contributed by atoms with Gasteiger partial charge in [-0.2, -0.15) is 0 Å². The zero-order chi connectivity index (χ0) is 14.9. The fraction of sp³-hybridized carbons (Fsp3) is 0.200. The van der Waals surface area contributed by atoms with Crippen LogP contribution >= 0.6 is 47.8 Å². The van der Waals surface area contributed by atoms with Gasteiger partial charge in [-0.1, -0.05) is 49.6 Å². The fourth-order valence-corrected chi connectivity index (χ4v) is 3.82.